The minimum Gasteiger partial charge on any atom is -0.320 e. The minimum absolute atomic E-state index is 0.0797. The van der Waals surface area contributed by atoms with Crippen molar-refractivity contribution in [2.75, 3.05) is 34.2 Å². The fraction of sp³-hybridized carbons (Fsp3) is 0.909. The molecule has 0 spiro atoms. The van der Waals surface area contributed by atoms with Crippen molar-refractivity contribution in [3.05, 3.63) is 0 Å². The average Bonchev–Trinajstić information content (AvgIpc) is 2.20. The fourth-order valence-electron chi connectivity index (χ4n) is 2.07. The highest BCUT2D eigenvalue weighted by atomic mass is 16.2. The lowest BCUT2D eigenvalue weighted by Gasteiger charge is -2.30. The number of hydrazine groups is 1. The van der Waals surface area contributed by atoms with E-state index < -0.39 is 0 Å². The number of amides is 1. The fourth-order valence-corrected chi connectivity index (χ4v) is 2.07. The Hall–Kier alpha value is -0.650. The summed E-state index contributed by atoms with van der Waals surface area (Å²) in [5.41, 5.74) is 8.58. The summed E-state index contributed by atoms with van der Waals surface area (Å²) < 4.78 is 0. The van der Waals surface area contributed by atoms with Gasteiger partial charge in [0.1, 0.15) is 0 Å². The highest BCUT2D eigenvalue weighted by molar-refractivity contribution is 5.80. The van der Waals surface area contributed by atoms with Crippen LogP contribution in [0, 0.1) is 5.92 Å². The lowest BCUT2D eigenvalue weighted by atomic mass is 9.90. The highest BCUT2D eigenvalue weighted by Gasteiger charge is 2.22. The van der Waals surface area contributed by atoms with Gasteiger partial charge in [0.25, 0.3) is 5.91 Å². The quantitative estimate of drug-likeness (QED) is 0.645. The van der Waals surface area contributed by atoms with Crippen LogP contribution < -0.4 is 11.2 Å². The molecule has 1 amide bonds. The second kappa shape index (κ2) is 6.18. The molecule has 0 bridgehead atoms. The standard InChI is InChI=1S/C11H24N4O/c1-14(2)13-11(16)10(12)8-9-4-6-15(3)7-5-9/h9-10H,4-8,12H2,1-3H3,(H,13,16). The Bertz CT molecular complexity index is 224. The molecule has 1 atom stereocenters. The maximum atomic E-state index is 11.6. The summed E-state index contributed by atoms with van der Waals surface area (Å²) in [7, 11) is 5.72. The van der Waals surface area contributed by atoms with Gasteiger partial charge < -0.3 is 10.6 Å². The van der Waals surface area contributed by atoms with Gasteiger partial charge >= 0.3 is 0 Å². The molecule has 1 saturated heterocycles. The van der Waals surface area contributed by atoms with E-state index in [0.717, 1.165) is 32.4 Å². The van der Waals surface area contributed by atoms with Crippen molar-refractivity contribution in [1.29, 1.82) is 0 Å². The molecule has 0 aliphatic carbocycles. The van der Waals surface area contributed by atoms with E-state index in [1.54, 1.807) is 19.1 Å². The first-order chi connectivity index (χ1) is 7.49. The second-order valence-corrected chi connectivity index (χ2v) is 4.96. The molecule has 1 aliphatic rings. The largest absolute Gasteiger partial charge is 0.320 e. The number of nitrogens with zero attached hydrogens (tertiary/aromatic N) is 2. The average molecular weight is 228 g/mol. The lowest BCUT2D eigenvalue weighted by molar-refractivity contribution is -0.126. The van der Waals surface area contributed by atoms with Gasteiger partial charge in [0.2, 0.25) is 0 Å². The van der Waals surface area contributed by atoms with Crippen LogP contribution in [0.2, 0.25) is 0 Å². The van der Waals surface area contributed by atoms with E-state index in [4.69, 9.17) is 5.73 Å². The van der Waals surface area contributed by atoms with Crippen LogP contribution in [0.5, 0.6) is 0 Å². The molecule has 0 aromatic heterocycles. The van der Waals surface area contributed by atoms with E-state index in [2.05, 4.69) is 17.4 Å². The normalized spacial score (nSPS) is 21.1. The number of nitrogens with two attached hydrogens (primary N) is 1. The molecule has 5 nitrogen and oxygen atoms in total. The van der Waals surface area contributed by atoms with E-state index in [9.17, 15) is 4.79 Å². The number of hydrogen-bond donors (Lipinski definition) is 2. The summed E-state index contributed by atoms with van der Waals surface area (Å²) in [6.45, 7) is 2.24. The predicted molar refractivity (Wildman–Crippen MR) is 64.6 cm³/mol. The number of nitrogens with one attached hydrogen (secondary N) is 1. The molecule has 0 radical (unpaired) electrons. The zero-order chi connectivity index (χ0) is 12.1. The molecule has 1 rings (SSSR count). The summed E-state index contributed by atoms with van der Waals surface area (Å²) >= 11 is 0. The Balaban J connectivity index is 2.28. The van der Waals surface area contributed by atoms with E-state index in [0.29, 0.717) is 5.92 Å². The van der Waals surface area contributed by atoms with Crippen LogP contribution in [-0.4, -0.2) is 56.1 Å². The van der Waals surface area contributed by atoms with Crippen LogP contribution in [0.4, 0.5) is 0 Å². The van der Waals surface area contributed by atoms with Gasteiger partial charge in [0.15, 0.2) is 0 Å². The van der Waals surface area contributed by atoms with Crippen molar-refractivity contribution in [3.8, 4) is 0 Å². The van der Waals surface area contributed by atoms with Crippen LogP contribution >= 0.6 is 0 Å². The topological polar surface area (TPSA) is 61.6 Å². The van der Waals surface area contributed by atoms with Crippen LogP contribution in [0.25, 0.3) is 0 Å². The van der Waals surface area contributed by atoms with Crippen molar-refractivity contribution in [1.82, 2.24) is 15.3 Å². The first-order valence-corrected chi connectivity index (χ1v) is 5.91. The molecule has 3 N–H and O–H groups in total. The second-order valence-electron chi connectivity index (χ2n) is 4.96. The van der Waals surface area contributed by atoms with Gasteiger partial charge in [-0.1, -0.05) is 0 Å². The minimum atomic E-state index is -0.379. The summed E-state index contributed by atoms with van der Waals surface area (Å²) in [5.74, 6) is 0.517. The number of likely N-dealkylation sites (tertiary alicyclic amines) is 1. The SMILES string of the molecule is CN1CCC(CC(N)C(=O)NN(C)C)CC1. The zero-order valence-corrected chi connectivity index (χ0v) is 10.6. The van der Waals surface area contributed by atoms with Crippen molar-refractivity contribution in [3.63, 3.8) is 0 Å². The van der Waals surface area contributed by atoms with Gasteiger partial charge in [-0.2, -0.15) is 0 Å². The van der Waals surface area contributed by atoms with Crippen LogP contribution in [0.15, 0.2) is 0 Å². The molecule has 1 fully saturated rings. The lowest BCUT2D eigenvalue weighted by Crippen LogP contribution is -2.47. The van der Waals surface area contributed by atoms with Gasteiger partial charge in [-0.25, -0.2) is 5.01 Å². The number of carbonyl (C=O) groups is 1. The third-order valence-electron chi connectivity index (χ3n) is 3.10. The Morgan fingerprint density at radius 2 is 2.06 bits per heavy atom. The Morgan fingerprint density at radius 1 is 1.50 bits per heavy atom. The van der Waals surface area contributed by atoms with Crippen LogP contribution in [0.3, 0.4) is 0 Å². The van der Waals surface area contributed by atoms with Gasteiger partial charge in [-0.3, -0.25) is 10.2 Å². The summed E-state index contributed by atoms with van der Waals surface area (Å²) in [6.07, 6.45) is 3.10. The zero-order valence-electron chi connectivity index (χ0n) is 10.6. The van der Waals surface area contributed by atoms with Crippen molar-refractivity contribution < 1.29 is 4.79 Å². The van der Waals surface area contributed by atoms with E-state index in [1.807, 2.05) is 0 Å². The van der Waals surface area contributed by atoms with Crippen LogP contribution in [-0.2, 0) is 4.79 Å². The predicted octanol–water partition coefficient (Wildman–Crippen LogP) is -0.362. The molecule has 5 heteroatoms. The summed E-state index contributed by atoms with van der Waals surface area (Å²) in [4.78, 5) is 13.9. The van der Waals surface area contributed by atoms with Gasteiger partial charge in [-0.05, 0) is 45.3 Å². The molecule has 16 heavy (non-hydrogen) atoms. The maximum absolute atomic E-state index is 11.6. The van der Waals surface area contributed by atoms with Gasteiger partial charge in [0, 0.05) is 14.1 Å². The van der Waals surface area contributed by atoms with Crippen LogP contribution in [0.1, 0.15) is 19.3 Å². The molecule has 0 saturated carbocycles. The third-order valence-corrected chi connectivity index (χ3v) is 3.10. The molecular formula is C11H24N4O. The van der Waals surface area contributed by atoms with E-state index in [-0.39, 0.29) is 11.9 Å². The number of piperidine rings is 1. The van der Waals surface area contributed by atoms with E-state index >= 15 is 0 Å². The summed E-state index contributed by atoms with van der Waals surface area (Å²) in [6, 6.07) is -0.379. The Morgan fingerprint density at radius 3 is 2.56 bits per heavy atom. The molecule has 0 aromatic rings. The molecular weight excluding hydrogens is 204 g/mol. The smallest absolute Gasteiger partial charge is 0.251 e. The molecule has 1 aliphatic heterocycles. The monoisotopic (exact) mass is 228 g/mol. The number of carbonyl (C=O) groups excluding carboxylic acids is 1. The number of hydrogen-bond acceptors (Lipinski definition) is 4. The first-order valence-electron chi connectivity index (χ1n) is 5.91. The Kier molecular flexibility index (Phi) is 5.18. The third kappa shape index (κ3) is 4.47. The molecule has 1 unspecified atom stereocenters. The molecule has 1 heterocycles. The number of rotatable bonds is 4. The van der Waals surface area contributed by atoms with Gasteiger partial charge in [-0.15, -0.1) is 0 Å². The van der Waals surface area contributed by atoms with Crippen molar-refractivity contribution in [2.45, 2.75) is 25.3 Å². The maximum Gasteiger partial charge on any atom is 0.251 e. The molecule has 94 valence electrons. The first kappa shape index (κ1) is 13.4. The van der Waals surface area contributed by atoms with Gasteiger partial charge in [0.05, 0.1) is 6.04 Å². The summed E-state index contributed by atoms with van der Waals surface area (Å²) in [5, 5.41) is 1.64. The molecule has 0 aromatic carbocycles. The Labute approximate surface area is 97.9 Å². The highest BCUT2D eigenvalue weighted by Crippen LogP contribution is 2.20. The van der Waals surface area contributed by atoms with Crippen molar-refractivity contribution in [2.24, 2.45) is 11.7 Å². The van der Waals surface area contributed by atoms with E-state index in [1.165, 1.54) is 0 Å². The van der Waals surface area contributed by atoms with Crippen molar-refractivity contribution >= 4 is 5.91 Å².